The molecular formula is C15H23N3O. The van der Waals surface area contributed by atoms with E-state index in [2.05, 4.69) is 30.3 Å². The van der Waals surface area contributed by atoms with Crippen molar-refractivity contribution in [1.29, 1.82) is 0 Å². The number of aryl methyl sites for hydroxylation is 2. The van der Waals surface area contributed by atoms with Crippen LogP contribution < -0.4 is 5.32 Å². The molecule has 4 heteroatoms. The Morgan fingerprint density at radius 2 is 2.16 bits per heavy atom. The molecular weight excluding hydrogens is 238 g/mol. The molecule has 0 saturated carbocycles. The zero-order valence-electron chi connectivity index (χ0n) is 12.2. The molecule has 0 spiro atoms. The number of hydrogen-bond donors (Lipinski definition) is 1. The highest BCUT2D eigenvalue weighted by atomic mass is 16.3. The van der Waals surface area contributed by atoms with Crippen molar-refractivity contribution in [2.75, 3.05) is 6.54 Å². The molecule has 2 heterocycles. The number of nitrogens with one attached hydrogen (secondary N) is 1. The van der Waals surface area contributed by atoms with E-state index < -0.39 is 0 Å². The molecule has 0 aliphatic heterocycles. The van der Waals surface area contributed by atoms with Crippen molar-refractivity contribution in [3.8, 4) is 0 Å². The molecule has 0 radical (unpaired) electrons. The van der Waals surface area contributed by atoms with Crippen molar-refractivity contribution in [2.45, 2.75) is 40.8 Å². The van der Waals surface area contributed by atoms with Crippen LogP contribution in [0.2, 0.25) is 0 Å². The van der Waals surface area contributed by atoms with Gasteiger partial charge >= 0.3 is 0 Å². The molecule has 0 aromatic carbocycles. The van der Waals surface area contributed by atoms with Gasteiger partial charge in [0.15, 0.2) is 0 Å². The third-order valence-corrected chi connectivity index (χ3v) is 3.02. The van der Waals surface area contributed by atoms with Crippen molar-refractivity contribution < 1.29 is 4.42 Å². The number of hydrogen-bond acceptors (Lipinski definition) is 3. The van der Waals surface area contributed by atoms with E-state index in [4.69, 9.17) is 4.42 Å². The predicted octanol–water partition coefficient (Wildman–Crippen LogP) is 2.89. The Bertz CT molecular complexity index is 525. The summed E-state index contributed by atoms with van der Waals surface area (Å²) in [5, 5.41) is 7.72. The minimum atomic E-state index is 0.665. The van der Waals surface area contributed by atoms with Crippen LogP contribution in [0.3, 0.4) is 0 Å². The minimum absolute atomic E-state index is 0.665. The molecule has 4 nitrogen and oxygen atoms in total. The van der Waals surface area contributed by atoms with E-state index in [1.165, 1.54) is 11.1 Å². The molecule has 0 bridgehead atoms. The van der Waals surface area contributed by atoms with Crippen molar-refractivity contribution in [1.82, 2.24) is 15.1 Å². The number of aromatic nitrogens is 2. The van der Waals surface area contributed by atoms with E-state index in [1.807, 2.05) is 30.9 Å². The summed E-state index contributed by atoms with van der Waals surface area (Å²) < 4.78 is 7.69. The molecule has 0 unspecified atom stereocenters. The van der Waals surface area contributed by atoms with E-state index >= 15 is 0 Å². The molecule has 0 aliphatic carbocycles. The molecule has 104 valence electrons. The van der Waals surface area contributed by atoms with Gasteiger partial charge in [0, 0.05) is 18.3 Å². The molecule has 2 aromatic heterocycles. The summed E-state index contributed by atoms with van der Waals surface area (Å²) >= 11 is 0. The summed E-state index contributed by atoms with van der Waals surface area (Å²) in [6.07, 6.45) is 3.88. The standard InChI is InChI=1S/C15H23N3O/c1-11(2)6-16-8-14-5-15(19-13(14)4)10-18-9-12(3)7-17-18/h5,7,9,11,16H,6,8,10H2,1-4H3. The van der Waals surface area contributed by atoms with Crippen LogP contribution in [0.25, 0.3) is 0 Å². The lowest BCUT2D eigenvalue weighted by atomic mass is 10.2. The van der Waals surface area contributed by atoms with Gasteiger partial charge in [-0.15, -0.1) is 0 Å². The summed E-state index contributed by atoms with van der Waals surface area (Å²) in [5.41, 5.74) is 2.40. The second kappa shape index (κ2) is 6.06. The number of rotatable bonds is 6. The van der Waals surface area contributed by atoms with Crippen LogP contribution in [0.15, 0.2) is 22.9 Å². The largest absolute Gasteiger partial charge is 0.464 e. The maximum absolute atomic E-state index is 5.78. The lowest BCUT2D eigenvalue weighted by Gasteiger charge is -2.05. The Morgan fingerprint density at radius 1 is 1.37 bits per heavy atom. The van der Waals surface area contributed by atoms with Crippen LogP contribution in [0.5, 0.6) is 0 Å². The van der Waals surface area contributed by atoms with Crippen molar-refractivity contribution in [3.63, 3.8) is 0 Å². The first-order valence-corrected chi connectivity index (χ1v) is 6.82. The van der Waals surface area contributed by atoms with Gasteiger partial charge in [0.2, 0.25) is 0 Å². The van der Waals surface area contributed by atoms with E-state index in [0.717, 1.165) is 24.6 Å². The Balaban J connectivity index is 1.96. The average molecular weight is 261 g/mol. The van der Waals surface area contributed by atoms with Gasteiger partial charge in [-0.25, -0.2) is 0 Å². The Kier molecular flexibility index (Phi) is 4.43. The average Bonchev–Trinajstić information content (AvgIpc) is 2.86. The Hall–Kier alpha value is -1.55. The fourth-order valence-electron chi connectivity index (χ4n) is 2.05. The summed E-state index contributed by atoms with van der Waals surface area (Å²) in [6.45, 7) is 11.1. The topological polar surface area (TPSA) is 43.0 Å². The van der Waals surface area contributed by atoms with Gasteiger partial charge < -0.3 is 9.73 Å². The zero-order chi connectivity index (χ0) is 13.8. The minimum Gasteiger partial charge on any atom is -0.464 e. The van der Waals surface area contributed by atoms with Gasteiger partial charge in [0.05, 0.1) is 12.7 Å². The summed E-state index contributed by atoms with van der Waals surface area (Å²) in [5.74, 6) is 2.62. The predicted molar refractivity (Wildman–Crippen MR) is 76.1 cm³/mol. The van der Waals surface area contributed by atoms with Crippen LogP contribution in [0, 0.1) is 19.8 Å². The molecule has 0 fully saturated rings. The first-order valence-electron chi connectivity index (χ1n) is 6.82. The maximum atomic E-state index is 5.78. The third-order valence-electron chi connectivity index (χ3n) is 3.02. The highest BCUT2D eigenvalue weighted by Gasteiger charge is 2.08. The zero-order valence-corrected chi connectivity index (χ0v) is 12.2. The Morgan fingerprint density at radius 3 is 2.79 bits per heavy atom. The van der Waals surface area contributed by atoms with E-state index in [-0.39, 0.29) is 0 Å². The van der Waals surface area contributed by atoms with Gasteiger partial charge in [-0.3, -0.25) is 4.68 Å². The first-order chi connectivity index (χ1) is 9.04. The van der Waals surface area contributed by atoms with Crippen LogP contribution in [-0.2, 0) is 13.1 Å². The van der Waals surface area contributed by atoms with E-state index in [9.17, 15) is 0 Å². The van der Waals surface area contributed by atoms with Crippen molar-refractivity contribution in [2.24, 2.45) is 5.92 Å². The first kappa shape index (κ1) is 13.9. The van der Waals surface area contributed by atoms with E-state index in [0.29, 0.717) is 12.5 Å². The lowest BCUT2D eigenvalue weighted by Crippen LogP contribution is -2.18. The molecule has 0 amide bonds. The smallest absolute Gasteiger partial charge is 0.125 e. The molecule has 2 rings (SSSR count). The SMILES string of the molecule is Cc1cnn(Cc2cc(CNCC(C)C)c(C)o2)c1. The monoisotopic (exact) mass is 261 g/mol. The van der Waals surface area contributed by atoms with Gasteiger partial charge in [-0.2, -0.15) is 5.10 Å². The van der Waals surface area contributed by atoms with Crippen LogP contribution in [0.1, 0.15) is 36.5 Å². The second-order valence-electron chi connectivity index (χ2n) is 5.53. The molecule has 0 atom stereocenters. The van der Waals surface area contributed by atoms with Gasteiger partial charge in [-0.05, 0) is 37.9 Å². The van der Waals surface area contributed by atoms with E-state index in [1.54, 1.807) is 0 Å². The molecule has 0 aliphatic rings. The van der Waals surface area contributed by atoms with Crippen LogP contribution in [0.4, 0.5) is 0 Å². The summed E-state index contributed by atoms with van der Waals surface area (Å²) in [7, 11) is 0. The molecule has 19 heavy (non-hydrogen) atoms. The fraction of sp³-hybridized carbons (Fsp3) is 0.533. The molecule has 2 aromatic rings. The third kappa shape index (κ3) is 3.96. The van der Waals surface area contributed by atoms with Crippen molar-refractivity contribution in [3.05, 3.63) is 41.1 Å². The summed E-state index contributed by atoms with van der Waals surface area (Å²) in [4.78, 5) is 0. The number of furan rings is 1. The van der Waals surface area contributed by atoms with Crippen LogP contribution in [-0.4, -0.2) is 16.3 Å². The van der Waals surface area contributed by atoms with Gasteiger partial charge in [-0.1, -0.05) is 13.8 Å². The summed E-state index contributed by atoms with van der Waals surface area (Å²) in [6, 6.07) is 2.12. The fourth-order valence-corrected chi connectivity index (χ4v) is 2.05. The highest BCUT2D eigenvalue weighted by Crippen LogP contribution is 2.15. The van der Waals surface area contributed by atoms with Crippen molar-refractivity contribution >= 4 is 0 Å². The van der Waals surface area contributed by atoms with Crippen LogP contribution >= 0.6 is 0 Å². The Labute approximate surface area is 114 Å². The molecule has 1 N–H and O–H groups in total. The van der Waals surface area contributed by atoms with Gasteiger partial charge in [0.25, 0.3) is 0 Å². The second-order valence-corrected chi connectivity index (χ2v) is 5.53. The normalized spacial score (nSPS) is 11.4. The number of nitrogens with zero attached hydrogens (tertiary/aromatic N) is 2. The van der Waals surface area contributed by atoms with Gasteiger partial charge in [0.1, 0.15) is 11.5 Å². The molecule has 0 saturated heterocycles. The highest BCUT2D eigenvalue weighted by molar-refractivity contribution is 5.21. The quantitative estimate of drug-likeness (QED) is 0.869. The lowest BCUT2D eigenvalue weighted by molar-refractivity contribution is 0.455. The maximum Gasteiger partial charge on any atom is 0.125 e.